The van der Waals surface area contributed by atoms with Crippen molar-refractivity contribution in [3.63, 3.8) is 0 Å². The van der Waals surface area contributed by atoms with Crippen LogP contribution in [0, 0.1) is 13.8 Å². The molecule has 0 aliphatic heterocycles. The van der Waals surface area contributed by atoms with Gasteiger partial charge >= 0.3 is 0 Å². The third-order valence-electron chi connectivity index (χ3n) is 3.55. The van der Waals surface area contributed by atoms with Crippen LogP contribution in [0.25, 0.3) is 5.69 Å². The van der Waals surface area contributed by atoms with Crippen molar-refractivity contribution in [2.45, 2.75) is 38.9 Å². The molecule has 0 aliphatic carbocycles. The molecule has 0 spiro atoms. The fourth-order valence-electron chi connectivity index (χ4n) is 2.49. The number of aryl methyl sites for hydroxylation is 2. The van der Waals surface area contributed by atoms with E-state index >= 15 is 0 Å². The Morgan fingerprint density at radius 1 is 1.24 bits per heavy atom. The first-order valence-electron chi connectivity index (χ1n) is 8.22. The summed E-state index contributed by atoms with van der Waals surface area (Å²) >= 11 is 1.34. The van der Waals surface area contributed by atoms with Crippen LogP contribution in [-0.4, -0.2) is 39.7 Å². The van der Waals surface area contributed by atoms with Crippen LogP contribution in [0.15, 0.2) is 35.7 Å². The zero-order valence-electron chi connectivity index (χ0n) is 15.0. The topological polar surface area (TPSA) is 76.0 Å². The van der Waals surface area contributed by atoms with Gasteiger partial charge in [-0.25, -0.2) is 4.98 Å². The fraction of sp³-hybridized carbons (Fsp3) is 0.389. The van der Waals surface area contributed by atoms with Crippen molar-refractivity contribution in [2.24, 2.45) is 0 Å². The molecule has 1 aromatic carbocycles. The maximum absolute atomic E-state index is 12.1. The predicted octanol–water partition coefficient (Wildman–Crippen LogP) is 2.22. The molecule has 7 heteroatoms. The lowest BCUT2D eigenvalue weighted by molar-refractivity contribution is -0.127. The van der Waals surface area contributed by atoms with Crippen molar-refractivity contribution in [1.29, 1.82) is 0 Å². The summed E-state index contributed by atoms with van der Waals surface area (Å²) in [7, 11) is 0. The number of nitrogens with zero attached hydrogens (tertiary/aromatic N) is 2. The van der Waals surface area contributed by atoms with Gasteiger partial charge in [0.05, 0.1) is 5.75 Å². The van der Waals surface area contributed by atoms with E-state index in [0.29, 0.717) is 6.54 Å². The number of carbonyl (C=O) groups excluding carboxylic acids is 2. The lowest BCUT2D eigenvalue weighted by atomic mass is 10.1. The second kappa shape index (κ2) is 8.71. The number of carbonyl (C=O) groups is 2. The van der Waals surface area contributed by atoms with Crippen LogP contribution in [-0.2, 0) is 9.59 Å². The van der Waals surface area contributed by atoms with Gasteiger partial charge in [-0.1, -0.05) is 17.8 Å². The van der Waals surface area contributed by atoms with Gasteiger partial charge in [0.1, 0.15) is 6.04 Å². The number of likely N-dealkylation sites (N-methyl/N-ethyl adjacent to an activating group) is 1. The monoisotopic (exact) mass is 360 g/mol. The second-order valence-corrected chi connectivity index (χ2v) is 6.84. The molecule has 6 nitrogen and oxygen atoms in total. The van der Waals surface area contributed by atoms with Crippen molar-refractivity contribution in [2.75, 3.05) is 12.3 Å². The number of amides is 2. The predicted molar refractivity (Wildman–Crippen MR) is 100 cm³/mol. The number of nitrogens with one attached hydrogen (secondary N) is 2. The van der Waals surface area contributed by atoms with Gasteiger partial charge in [0.2, 0.25) is 11.8 Å². The number of benzene rings is 1. The Morgan fingerprint density at radius 2 is 1.92 bits per heavy atom. The molecule has 2 N–H and O–H groups in total. The molecule has 25 heavy (non-hydrogen) atoms. The number of hydrogen-bond donors (Lipinski definition) is 2. The molecule has 1 heterocycles. The highest BCUT2D eigenvalue weighted by Crippen LogP contribution is 2.22. The van der Waals surface area contributed by atoms with Gasteiger partial charge in [-0.15, -0.1) is 0 Å². The van der Waals surface area contributed by atoms with E-state index < -0.39 is 6.04 Å². The first kappa shape index (κ1) is 19.1. The minimum absolute atomic E-state index is 0.183. The summed E-state index contributed by atoms with van der Waals surface area (Å²) in [4.78, 5) is 28.1. The molecule has 0 bridgehead atoms. The maximum atomic E-state index is 12.1. The summed E-state index contributed by atoms with van der Waals surface area (Å²) in [5.41, 5.74) is 3.37. The first-order chi connectivity index (χ1) is 11.9. The van der Waals surface area contributed by atoms with E-state index in [1.54, 1.807) is 13.1 Å². The lowest BCUT2D eigenvalue weighted by Gasteiger charge is -2.13. The summed E-state index contributed by atoms with van der Waals surface area (Å²) in [6, 6.07) is 5.72. The molecule has 2 rings (SSSR count). The van der Waals surface area contributed by atoms with Gasteiger partial charge in [-0.2, -0.15) is 0 Å². The number of thioether (sulfide) groups is 1. The molecule has 0 aliphatic rings. The molecule has 0 saturated heterocycles. The zero-order valence-corrected chi connectivity index (χ0v) is 15.8. The minimum atomic E-state index is -0.549. The summed E-state index contributed by atoms with van der Waals surface area (Å²) in [6.45, 7) is 8.16. The molecule has 134 valence electrons. The van der Waals surface area contributed by atoms with Crippen LogP contribution in [0.4, 0.5) is 0 Å². The maximum Gasteiger partial charge on any atom is 0.242 e. The van der Waals surface area contributed by atoms with Crippen molar-refractivity contribution < 1.29 is 9.59 Å². The number of aromatic nitrogens is 2. The molecule has 1 unspecified atom stereocenters. The SMILES string of the molecule is CCNC(=O)C(C)NC(=O)CSc1nccn1-c1cc(C)cc(C)c1. The second-order valence-electron chi connectivity index (χ2n) is 5.90. The Bertz CT molecular complexity index is 737. The normalized spacial score (nSPS) is 11.8. The largest absolute Gasteiger partial charge is 0.355 e. The standard InChI is InChI=1S/C18H24N4O2S/c1-5-19-17(24)14(4)21-16(23)11-25-18-20-6-7-22(18)15-9-12(2)8-13(3)10-15/h6-10,14H,5,11H2,1-4H3,(H,19,24)(H,21,23). The van der Waals surface area contributed by atoms with E-state index in [4.69, 9.17) is 0 Å². The third kappa shape index (κ3) is 5.35. The highest BCUT2D eigenvalue weighted by molar-refractivity contribution is 7.99. The van der Waals surface area contributed by atoms with Crippen LogP contribution in [0.3, 0.4) is 0 Å². The summed E-state index contributed by atoms with van der Waals surface area (Å²) in [6.07, 6.45) is 3.60. The van der Waals surface area contributed by atoms with E-state index in [1.165, 1.54) is 22.9 Å². The van der Waals surface area contributed by atoms with E-state index in [1.807, 2.05) is 17.7 Å². The highest BCUT2D eigenvalue weighted by atomic mass is 32.2. The molecule has 1 atom stereocenters. The Labute approximate surface area is 152 Å². The van der Waals surface area contributed by atoms with Gasteiger partial charge < -0.3 is 10.6 Å². The summed E-state index contributed by atoms with van der Waals surface area (Å²) in [5.74, 6) is -0.178. The summed E-state index contributed by atoms with van der Waals surface area (Å²) in [5, 5.41) is 6.12. The molecular formula is C18H24N4O2S. The van der Waals surface area contributed by atoms with Crippen molar-refractivity contribution >= 4 is 23.6 Å². The van der Waals surface area contributed by atoms with E-state index in [9.17, 15) is 9.59 Å². The van der Waals surface area contributed by atoms with Gasteiger partial charge in [0, 0.05) is 24.6 Å². The number of hydrogen-bond acceptors (Lipinski definition) is 4. The molecule has 0 saturated carbocycles. The quantitative estimate of drug-likeness (QED) is 0.743. The van der Waals surface area contributed by atoms with Gasteiger partial charge in [-0.05, 0) is 51.0 Å². The van der Waals surface area contributed by atoms with Crippen molar-refractivity contribution in [1.82, 2.24) is 20.2 Å². The van der Waals surface area contributed by atoms with Crippen LogP contribution < -0.4 is 10.6 Å². The molecule has 0 radical (unpaired) electrons. The average molecular weight is 360 g/mol. The zero-order chi connectivity index (χ0) is 18.4. The Hall–Kier alpha value is -2.28. The van der Waals surface area contributed by atoms with Crippen LogP contribution >= 0.6 is 11.8 Å². The van der Waals surface area contributed by atoms with Crippen LogP contribution in [0.5, 0.6) is 0 Å². The minimum Gasteiger partial charge on any atom is -0.355 e. The lowest BCUT2D eigenvalue weighted by Crippen LogP contribution is -2.45. The van der Waals surface area contributed by atoms with Crippen molar-refractivity contribution in [3.05, 3.63) is 41.7 Å². The molecule has 2 aromatic rings. The molecule has 2 amide bonds. The molecular weight excluding hydrogens is 336 g/mol. The Morgan fingerprint density at radius 3 is 2.56 bits per heavy atom. The fourth-order valence-corrected chi connectivity index (χ4v) is 3.27. The molecule has 1 aromatic heterocycles. The molecule has 0 fully saturated rings. The summed E-state index contributed by atoms with van der Waals surface area (Å²) < 4.78 is 1.96. The van der Waals surface area contributed by atoms with Gasteiger partial charge in [0.15, 0.2) is 5.16 Å². The Kier molecular flexibility index (Phi) is 6.64. The first-order valence-corrected chi connectivity index (χ1v) is 9.21. The number of rotatable bonds is 7. The third-order valence-corrected chi connectivity index (χ3v) is 4.51. The average Bonchev–Trinajstić information content (AvgIpc) is 3.00. The highest BCUT2D eigenvalue weighted by Gasteiger charge is 2.16. The van der Waals surface area contributed by atoms with E-state index in [2.05, 4.69) is 47.7 Å². The van der Waals surface area contributed by atoms with Crippen LogP contribution in [0.2, 0.25) is 0 Å². The van der Waals surface area contributed by atoms with Gasteiger partial charge in [0.25, 0.3) is 0 Å². The van der Waals surface area contributed by atoms with E-state index in [-0.39, 0.29) is 17.6 Å². The smallest absolute Gasteiger partial charge is 0.242 e. The number of imidazole rings is 1. The Balaban J connectivity index is 1.99. The van der Waals surface area contributed by atoms with E-state index in [0.717, 1.165) is 10.8 Å². The van der Waals surface area contributed by atoms with Gasteiger partial charge in [-0.3, -0.25) is 14.2 Å². The van der Waals surface area contributed by atoms with Crippen LogP contribution in [0.1, 0.15) is 25.0 Å². The van der Waals surface area contributed by atoms with Crippen molar-refractivity contribution in [3.8, 4) is 5.69 Å².